The number of thioether (sulfide) groups is 1. The first kappa shape index (κ1) is 14.8. The van der Waals surface area contributed by atoms with Crippen molar-refractivity contribution in [2.24, 2.45) is 0 Å². The summed E-state index contributed by atoms with van der Waals surface area (Å²) in [5.41, 5.74) is 1.04. The molecule has 0 unspecified atom stereocenters. The number of benzene rings is 1. The molecule has 0 spiro atoms. The zero-order valence-electron chi connectivity index (χ0n) is 10.7. The molecule has 19 heavy (non-hydrogen) atoms. The van der Waals surface area contributed by atoms with Gasteiger partial charge in [-0.3, -0.25) is 0 Å². The van der Waals surface area contributed by atoms with Gasteiger partial charge in [-0.2, -0.15) is 11.8 Å². The van der Waals surface area contributed by atoms with E-state index >= 15 is 0 Å². The summed E-state index contributed by atoms with van der Waals surface area (Å²) in [6.45, 7) is 0.430. The van der Waals surface area contributed by atoms with Gasteiger partial charge in [0.1, 0.15) is 6.10 Å². The molecule has 1 fully saturated rings. The van der Waals surface area contributed by atoms with Crippen LogP contribution in [0.3, 0.4) is 0 Å². The Morgan fingerprint density at radius 3 is 2.63 bits per heavy atom. The molecule has 0 bridgehead atoms. The van der Waals surface area contributed by atoms with Crippen LogP contribution in [-0.2, 0) is 11.3 Å². The van der Waals surface area contributed by atoms with Crippen LogP contribution in [0.5, 0.6) is 0 Å². The summed E-state index contributed by atoms with van der Waals surface area (Å²) >= 11 is 1.54. The fourth-order valence-electron chi connectivity index (χ4n) is 2.11. The number of hydrogen-bond donors (Lipinski definition) is 3. The van der Waals surface area contributed by atoms with Crippen LogP contribution in [-0.4, -0.2) is 51.2 Å². The minimum atomic E-state index is -0.896. The van der Waals surface area contributed by atoms with Gasteiger partial charge >= 0.3 is 0 Å². The first-order valence-electron chi connectivity index (χ1n) is 6.45. The van der Waals surface area contributed by atoms with E-state index in [0.717, 1.165) is 5.56 Å². The summed E-state index contributed by atoms with van der Waals surface area (Å²) in [5.74, 6) is 0.580. The summed E-state index contributed by atoms with van der Waals surface area (Å²) in [5, 5.41) is 29.0. The van der Waals surface area contributed by atoms with Crippen LogP contribution in [0.1, 0.15) is 12.0 Å². The largest absolute Gasteiger partial charge is 0.395 e. The molecule has 1 aromatic carbocycles. The predicted octanol–water partition coefficient (Wildman–Crippen LogP) is 0.791. The molecule has 4 nitrogen and oxygen atoms in total. The minimum Gasteiger partial charge on any atom is -0.395 e. The lowest BCUT2D eigenvalue weighted by Crippen LogP contribution is -2.39. The summed E-state index contributed by atoms with van der Waals surface area (Å²) in [4.78, 5) is 0. The van der Waals surface area contributed by atoms with Gasteiger partial charge in [0.2, 0.25) is 0 Å². The number of rotatable bonds is 4. The van der Waals surface area contributed by atoms with E-state index in [1.54, 1.807) is 0 Å². The number of aliphatic hydroxyl groups excluding tert-OH is 3. The van der Waals surface area contributed by atoms with E-state index < -0.39 is 18.3 Å². The highest BCUT2D eigenvalue weighted by Gasteiger charge is 2.33. The van der Waals surface area contributed by atoms with Crippen molar-refractivity contribution in [2.75, 3.05) is 12.4 Å². The molecule has 2 rings (SSSR count). The van der Waals surface area contributed by atoms with Crippen LogP contribution in [0, 0.1) is 0 Å². The Morgan fingerprint density at radius 2 is 1.95 bits per heavy atom. The monoisotopic (exact) mass is 284 g/mol. The molecular weight excluding hydrogens is 264 g/mol. The molecule has 4 atom stereocenters. The van der Waals surface area contributed by atoms with Gasteiger partial charge in [-0.05, 0) is 12.0 Å². The highest BCUT2D eigenvalue weighted by atomic mass is 32.2. The molecule has 1 aliphatic heterocycles. The normalized spacial score (nSPS) is 31.9. The molecule has 0 aromatic heterocycles. The molecule has 1 aromatic rings. The van der Waals surface area contributed by atoms with E-state index in [0.29, 0.717) is 18.8 Å². The molecule has 3 N–H and O–H groups in total. The molecule has 1 saturated heterocycles. The quantitative estimate of drug-likeness (QED) is 0.762. The fraction of sp³-hybridized carbons (Fsp3) is 0.571. The lowest BCUT2D eigenvalue weighted by atomic mass is 10.0. The number of ether oxygens (including phenoxy) is 1. The standard InChI is InChI=1S/C14H20O4S/c15-7-11-6-12(16)14(17)13(9-19-11)18-8-10-4-2-1-3-5-10/h1-5,11-17H,6-9H2/t11-,12-,13+,14+/m1/s1. The molecule has 106 valence electrons. The summed E-state index contributed by atoms with van der Waals surface area (Å²) in [6, 6.07) is 9.74. The minimum absolute atomic E-state index is 0.0137. The second kappa shape index (κ2) is 7.26. The van der Waals surface area contributed by atoms with E-state index in [9.17, 15) is 10.2 Å². The molecule has 0 saturated carbocycles. The zero-order valence-corrected chi connectivity index (χ0v) is 11.5. The highest BCUT2D eigenvalue weighted by Crippen LogP contribution is 2.27. The third-order valence-corrected chi connectivity index (χ3v) is 4.62. The van der Waals surface area contributed by atoms with Crippen LogP contribution in [0.15, 0.2) is 30.3 Å². The van der Waals surface area contributed by atoms with Crippen molar-refractivity contribution in [3.63, 3.8) is 0 Å². The van der Waals surface area contributed by atoms with Gasteiger partial charge in [0.15, 0.2) is 0 Å². The van der Waals surface area contributed by atoms with Crippen molar-refractivity contribution in [3.8, 4) is 0 Å². The Balaban J connectivity index is 1.91. The molecule has 1 aliphatic rings. The second-order valence-electron chi connectivity index (χ2n) is 4.77. The average molecular weight is 284 g/mol. The van der Waals surface area contributed by atoms with E-state index in [4.69, 9.17) is 9.84 Å². The first-order valence-corrected chi connectivity index (χ1v) is 7.49. The Hall–Kier alpha value is -0.590. The maximum absolute atomic E-state index is 10.0. The molecule has 0 radical (unpaired) electrons. The van der Waals surface area contributed by atoms with E-state index in [-0.39, 0.29) is 11.9 Å². The van der Waals surface area contributed by atoms with Crippen molar-refractivity contribution in [2.45, 2.75) is 36.6 Å². The SMILES string of the molecule is OC[C@H]1C[C@@H](O)[C@H](O)[C@@H](OCc2ccccc2)CS1. The number of aliphatic hydroxyl groups is 3. The van der Waals surface area contributed by atoms with Crippen LogP contribution >= 0.6 is 11.8 Å². The predicted molar refractivity (Wildman–Crippen MR) is 75.0 cm³/mol. The molecule has 0 amide bonds. The van der Waals surface area contributed by atoms with E-state index in [1.165, 1.54) is 11.8 Å². The topological polar surface area (TPSA) is 69.9 Å². The molecule has 1 heterocycles. The Labute approximate surface area is 117 Å². The highest BCUT2D eigenvalue weighted by molar-refractivity contribution is 8.00. The van der Waals surface area contributed by atoms with Crippen molar-refractivity contribution in [1.29, 1.82) is 0 Å². The Bertz CT molecular complexity index is 373. The van der Waals surface area contributed by atoms with Gasteiger partial charge in [-0.1, -0.05) is 30.3 Å². The first-order chi connectivity index (χ1) is 9.20. The Morgan fingerprint density at radius 1 is 1.21 bits per heavy atom. The van der Waals surface area contributed by atoms with Crippen molar-refractivity contribution in [1.82, 2.24) is 0 Å². The van der Waals surface area contributed by atoms with Gasteiger partial charge in [-0.15, -0.1) is 0 Å². The molecule has 0 aliphatic carbocycles. The smallest absolute Gasteiger partial charge is 0.107 e. The van der Waals surface area contributed by atoms with Gasteiger partial charge < -0.3 is 20.1 Å². The zero-order chi connectivity index (χ0) is 13.7. The maximum atomic E-state index is 10.0. The summed E-state index contributed by atoms with van der Waals surface area (Å²) in [7, 11) is 0. The summed E-state index contributed by atoms with van der Waals surface area (Å²) in [6.07, 6.45) is -1.74. The van der Waals surface area contributed by atoms with Crippen molar-refractivity contribution < 1.29 is 20.1 Å². The number of hydrogen-bond acceptors (Lipinski definition) is 5. The average Bonchev–Trinajstić information content (AvgIpc) is 2.58. The summed E-state index contributed by atoms with van der Waals surface area (Å²) < 4.78 is 5.71. The van der Waals surface area contributed by atoms with Crippen LogP contribution in [0.4, 0.5) is 0 Å². The molecule has 5 heteroatoms. The lowest BCUT2D eigenvalue weighted by molar-refractivity contribution is -0.0853. The fourth-order valence-corrected chi connectivity index (χ4v) is 3.30. The third kappa shape index (κ3) is 4.19. The van der Waals surface area contributed by atoms with Crippen LogP contribution < -0.4 is 0 Å². The van der Waals surface area contributed by atoms with Crippen LogP contribution in [0.2, 0.25) is 0 Å². The van der Waals surface area contributed by atoms with Crippen molar-refractivity contribution >= 4 is 11.8 Å². The second-order valence-corrected chi connectivity index (χ2v) is 6.10. The maximum Gasteiger partial charge on any atom is 0.107 e. The van der Waals surface area contributed by atoms with Crippen molar-refractivity contribution in [3.05, 3.63) is 35.9 Å². The third-order valence-electron chi connectivity index (χ3n) is 3.29. The van der Waals surface area contributed by atoms with E-state index in [2.05, 4.69) is 0 Å². The van der Waals surface area contributed by atoms with Gasteiger partial charge in [0, 0.05) is 11.0 Å². The van der Waals surface area contributed by atoms with Gasteiger partial charge in [0.25, 0.3) is 0 Å². The lowest BCUT2D eigenvalue weighted by Gasteiger charge is -2.23. The Kier molecular flexibility index (Phi) is 5.66. The van der Waals surface area contributed by atoms with E-state index in [1.807, 2.05) is 30.3 Å². The van der Waals surface area contributed by atoms with Gasteiger partial charge in [-0.25, -0.2) is 0 Å². The van der Waals surface area contributed by atoms with Crippen LogP contribution in [0.25, 0.3) is 0 Å². The molecular formula is C14H20O4S. The van der Waals surface area contributed by atoms with Gasteiger partial charge in [0.05, 0.1) is 25.4 Å².